The Labute approximate surface area is 110 Å². The van der Waals surface area contributed by atoms with E-state index in [1.807, 2.05) is 12.1 Å². The van der Waals surface area contributed by atoms with Crippen LogP contribution >= 0.6 is 0 Å². The SMILES string of the molecule is COS(=O)CCCN1CCCc2ccc(O)cc21. The summed E-state index contributed by atoms with van der Waals surface area (Å²) < 4.78 is 15.9. The molecule has 0 saturated carbocycles. The Balaban J connectivity index is 1.99. The summed E-state index contributed by atoms with van der Waals surface area (Å²) in [4.78, 5) is 2.26. The highest BCUT2D eigenvalue weighted by atomic mass is 32.2. The quantitative estimate of drug-likeness (QED) is 0.886. The van der Waals surface area contributed by atoms with Gasteiger partial charge in [0.1, 0.15) is 5.75 Å². The van der Waals surface area contributed by atoms with Gasteiger partial charge in [0.05, 0.1) is 12.9 Å². The lowest BCUT2D eigenvalue weighted by molar-refractivity contribution is 0.444. The van der Waals surface area contributed by atoms with Gasteiger partial charge in [-0.1, -0.05) is 6.07 Å². The van der Waals surface area contributed by atoms with Gasteiger partial charge in [-0.3, -0.25) is 4.18 Å². The number of phenols is 1. The van der Waals surface area contributed by atoms with Crippen LogP contribution in [-0.2, 0) is 21.7 Å². The molecule has 0 bridgehead atoms. The zero-order valence-corrected chi connectivity index (χ0v) is 11.4. The van der Waals surface area contributed by atoms with Crippen LogP contribution in [-0.4, -0.2) is 35.3 Å². The Hall–Kier alpha value is -1.07. The van der Waals surface area contributed by atoms with Crippen LogP contribution in [0.3, 0.4) is 0 Å². The highest BCUT2D eigenvalue weighted by Crippen LogP contribution is 2.30. The fraction of sp³-hybridized carbons (Fsp3) is 0.538. The van der Waals surface area contributed by atoms with Gasteiger partial charge in [-0.25, -0.2) is 4.21 Å². The first-order chi connectivity index (χ1) is 8.70. The van der Waals surface area contributed by atoms with Crippen molar-refractivity contribution in [2.24, 2.45) is 0 Å². The van der Waals surface area contributed by atoms with Crippen LogP contribution in [0.4, 0.5) is 5.69 Å². The van der Waals surface area contributed by atoms with E-state index in [4.69, 9.17) is 4.18 Å². The number of hydrogen-bond acceptors (Lipinski definition) is 4. The van der Waals surface area contributed by atoms with Gasteiger partial charge in [-0.05, 0) is 30.9 Å². The second-order valence-electron chi connectivity index (χ2n) is 4.43. The monoisotopic (exact) mass is 269 g/mol. The molecule has 0 fully saturated rings. The number of nitrogens with zero attached hydrogens (tertiary/aromatic N) is 1. The summed E-state index contributed by atoms with van der Waals surface area (Å²) in [5.41, 5.74) is 2.40. The Bertz CT molecular complexity index is 436. The van der Waals surface area contributed by atoms with E-state index in [1.165, 1.54) is 12.7 Å². The van der Waals surface area contributed by atoms with Crippen LogP contribution < -0.4 is 4.90 Å². The maximum absolute atomic E-state index is 11.2. The maximum Gasteiger partial charge on any atom is 0.155 e. The summed E-state index contributed by atoms with van der Waals surface area (Å²) >= 11 is -1.17. The standard InChI is InChI=1S/C13H19NO3S/c1-17-18(16)9-3-8-14-7-2-4-11-5-6-12(15)10-13(11)14/h5-6,10,15H,2-4,7-9H2,1H3. The summed E-state index contributed by atoms with van der Waals surface area (Å²) in [5.74, 6) is 0.863. The minimum Gasteiger partial charge on any atom is -0.508 e. The molecule has 0 saturated heterocycles. The molecule has 0 spiro atoms. The van der Waals surface area contributed by atoms with E-state index in [9.17, 15) is 9.32 Å². The van der Waals surface area contributed by atoms with Crippen molar-refractivity contribution in [2.75, 3.05) is 30.9 Å². The Morgan fingerprint density at radius 2 is 2.33 bits per heavy atom. The number of aromatic hydroxyl groups is 1. The lowest BCUT2D eigenvalue weighted by Gasteiger charge is -2.31. The van der Waals surface area contributed by atoms with Crippen LogP contribution in [0.25, 0.3) is 0 Å². The van der Waals surface area contributed by atoms with Crippen LogP contribution in [0.5, 0.6) is 5.75 Å². The fourth-order valence-corrected chi connectivity index (χ4v) is 2.86. The van der Waals surface area contributed by atoms with Crippen molar-refractivity contribution < 1.29 is 13.5 Å². The van der Waals surface area contributed by atoms with Crippen molar-refractivity contribution in [2.45, 2.75) is 19.3 Å². The summed E-state index contributed by atoms with van der Waals surface area (Å²) in [6.45, 7) is 1.85. The minimum atomic E-state index is -1.17. The Morgan fingerprint density at radius 3 is 3.11 bits per heavy atom. The summed E-state index contributed by atoms with van der Waals surface area (Å²) in [5, 5.41) is 9.56. The van der Waals surface area contributed by atoms with Gasteiger partial charge in [0.2, 0.25) is 0 Å². The molecular weight excluding hydrogens is 250 g/mol. The minimum absolute atomic E-state index is 0.307. The zero-order chi connectivity index (χ0) is 13.0. The Morgan fingerprint density at radius 1 is 1.50 bits per heavy atom. The van der Waals surface area contributed by atoms with Crippen molar-refractivity contribution in [1.29, 1.82) is 0 Å². The molecule has 2 rings (SSSR count). The van der Waals surface area contributed by atoms with Gasteiger partial charge in [0.25, 0.3) is 0 Å². The molecule has 1 aliphatic rings. The number of fused-ring (bicyclic) bond motifs is 1. The highest BCUT2D eigenvalue weighted by molar-refractivity contribution is 7.80. The molecular formula is C13H19NO3S. The van der Waals surface area contributed by atoms with Gasteiger partial charge in [0.15, 0.2) is 11.1 Å². The number of rotatable bonds is 5. The number of phenolic OH excluding ortho intramolecular Hbond substituents is 1. The van der Waals surface area contributed by atoms with Crippen LogP contribution in [0, 0.1) is 0 Å². The van der Waals surface area contributed by atoms with Gasteiger partial charge < -0.3 is 10.0 Å². The maximum atomic E-state index is 11.2. The number of aryl methyl sites for hydroxylation is 1. The summed E-state index contributed by atoms with van der Waals surface area (Å²) in [7, 11) is 1.46. The molecule has 1 unspecified atom stereocenters. The molecule has 0 aromatic heterocycles. The largest absolute Gasteiger partial charge is 0.508 e. The van der Waals surface area contributed by atoms with Crippen LogP contribution in [0.2, 0.25) is 0 Å². The second-order valence-corrected chi connectivity index (χ2v) is 5.78. The van der Waals surface area contributed by atoms with Gasteiger partial charge in [-0.15, -0.1) is 0 Å². The topological polar surface area (TPSA) is 49.8 Å². The molecule has 1 N–H and O–H groups in total. The number of anilines is 1. The molecule has 1 heterocycles. The average Bonchev–Trinajstić information content (AvgIpc) is 2.39. The fourth-order valence-electron chi connectivity index (χ4n) is 2.33. The lowest BCUT2D eigenvalue weighted by Crippen LogP contribution is -2.31. The summed E-state index contributed by atoms with van der Waals surface area (Å²) in [6.07, 6.45) is 3.02. The first-order valence-electron chi connectivity index (χ1n) is 6.20. The molecule has 1 aliphatic heterocycles. The smallest absolute Gasteiger partial charge is 0.155 e. The molecule has 18 heavy (non-hydrogen) atoms. The van der Waals surface area contributed by atoms with E-state index in [2.05, 4.69) is 4.90 Å². The van der Waals surface area contributed by atoms with Crippen molar-refractivity contribution in [3.8, 4) is 5.75 Å². The molecule has 100 valence electrons. The highest BCUT2D eigenvalue weighted by Gasteiger charge is 2.17. The third kappa shape index (κ3) is 3.23. The normalized spacial score (nSPS) is 16.4. The average molecular weight is 269 g/mol. The molecule has 0 amide bonds. The molecule has 4 nitrogen and oxygen atoms in total. The molecule has 1 aromatic rings. The predicted molar refractivity (Wildman–Crippen MR) is 73.3 cm³/mol. The first kappa shape index (κ1) is 13.4. The summed E-state index contributed by atoms with van der Waals surface area (Å²) in [6, 6.07) is 5.55. The first-order valence-corrected chi connectivity index (χ1v) is 7.45. The van der Waals surface area contributed by atoms with Crippen molar-refractivity contribution in [3.05, 3.63) is 23.8 Å². The van der Waals surface area contributed by atoms with E-state index in [1.54, 1.807) is 6.07 Å². The van der Waals surface area contributed by atoms with Crippen LogP contribution in [0.15, 0.2) is 18.2 Å². The third-order valence-electron chi connectivity index (χ3n) is 3.21. The van der Waals surface area contributed by atoms with Crippen molar-refractivity contribution in [1.82, 2.24) is 0 Å². The Kier molecular flexibility index (Phi) is 4.60. The predicted octanol–water partition coefficient (Wildman–Crippen LogP) is 1.84. The van der Waals surface area contributed by atoms with Gasteiger partial charge in [0, 0.05) is 24.8 Å². The molecule has 0 radical (unpaired) electrons. The lowest BCUT2D eigenvalue weighted by atomic mass is 10.0. The van der Waals surface area contributed by atoms with E-state index in [0.717, 1.165) is 38.0 Å². The second kappa shape index (κ2) is 6.20. The molecule has 1 aromatic carbocycles. The van der Waals surface area contributed by atoms with Gasteiger partial charge >= 0.3 is 0 Å². The van der Waals surface area contributed by atoms with Gasteiger partial charge in [-0.2, -0.15) is 0 Å². The molecule has 5 heteroatoms. The van der Waals surface area contributed by atoms with E-state index < -0.39 is 11.1 Å². The number of hydrogen-bond donors (Lipinski definition) is 1. The van der Waals surface area contributed by atoms with E-state index >= 15 is 0 Å². The van der Waals surface area contributed by atoms with E-state index in [-0.39, 0.29) is 0 Å². The van der Waals surface area contributed by atoms with Crippen molar-refractivity contribution >= 4 is 16.8 Å². The van der Waals surface area contributed by atoms with Crippen molar-refractivity contribution in [3.63, 3.8) is 0 Å². The van der Waals surface area contributed by atoms with E-state index in [0.29, 0.717) is 11.5 Å². The van der Waals surface area contributed by atoms with Crippen LogP contribution in [0.1, 0.15) is 18.4 Å². The molecule has 0 aliphatic carbocycles. The third-order valence-corrected chi connectivity index (χ3v) is 4.20. The number of benzene rings is 1. The zero-order valence-electron chi connectivity index (χ0n) is 10.6. The molecule has 1 atom stereocenters.